The molecule has 4 rings (SSSR count). The molecule has 0 saturated heterocycles. The minimum atomic E-state index is -0.326. The molecule has 2 aromatic carbocycles. The Kier molecular flexibility index (Phi) is 6.21. The molecule has 0 atom stereocenters. The fourth-order valence-electron chi connectivity index (χ4n) is 2.79. The molecule has 1 amide bonds. The van der Waals surface area contributed by atoms with Crippen molar-refractivity contribution in [3.63, 3.8) is 0 Å². The maximum absolute atomic E-state index is 12.4. The lowest BCUT2D eigenvalue weighted by atomic mass is 10.2. The number of anilines is 1. The quantitative estimate of drug-likeness (QED) is 0.360. The van der Waals surface area contributed by atoms with E-state index in [9.17, 15) is 4.79 Å². The van der Waals surface area contributed by atoms with Crippen molar-refractivity contribution in [2.75, 3.05) is 5.32 Å². The Morgan fingerprint density at radius 3 is 2.73 bits per heavy atom. The third kappa shape index (κ3) is 5.31. The van der Waals surface area contributed by atoms with Gasteiger partial charge in [0.25, 0.3) is 5.91 Å². The van der Waals surface area contributed by atoms with Crippen LogP contribution in [0.2, 0.25) is 5.02 Å². The van der Waals surface area contributed by atoms with Gasteiger partial charge in [-0.1, -0.05) is 29.8 Å². The highest BCUT2D eigenvalue weighted by Crippen LogP contribution is 2.20. The molecular formula is C22H17BrClN3O3. The van der Waals surface area contributed by atoms with E-state index in [1.165, 1.54) is 0 Å². The first-order chi connectivity index (χ1) is 14.5. The van der Waals surface area contributed by atoms with Crippen LogP contribution in [0.15, 0.2) is 81.9 Å². The van der Waals surface area contributed by atoms with Crippen LogP contribution in [-0.2, 0) is 13.2 Å². The molecule has 152 valence electrons. The number of halogens is 2. The predicted molar refractivity (Wildman–Crippen MR) is 118 cm³/mol. The molecule has 0 aliphatic rings. The molecule has 0 radical (unpaired) electrons. The van der Waals surface area contributed by atoms with Crippen LogP contribution in [0.5, 0.6) is 5.75 Å². The van der Waals surface area contributed by atoms with Gasteiger partial charge in [-0.15, -0.1) is 0 Å². The summed E-state index contributed by atoms with van der Waals surface area (Å²) in [6, 6.07) is 18.0. The zero-order valence-corrected chi connectivity index (χ0v) is 18.1. The van der Waals surface area contributed by atoms with Crippen molar-refractivity contribution in [2.24, 2.45) is 0 Å². The molecule has 0 bridgehead atoms. The first kappa shape index (κ1) is 20.3. The molecule has 0 spiro atoms. The van der Waals surface area contributed by atoms with Crippen LogP contribution in [0.1, 0.15) is 21.9 Å². The second-order valence-electron chi connectivity index (χ2n) is 6.52. The molecule has 0 unspecified atom stereocenters. The average Bonchev–Trinajstić information content (AvgIpc) is 3.37. The van der Waals surface area contributed by atoms with E-state index in [0.717, 1.165) is 10.0 Å². The van der Waals surface area contributed by atoms with Crippen LogP contribution < -0.4 is 10.1 Å². The van der Waals surface area contributed by atoms with Crippen molar-refractivity contribution >= 4 is 39.1 Å². The SMILES string of the molecule is O=C(Nc1ccc(Cn2cc(Br)cn2)cc1)c1ccc(COc2cccc(Cl)c2)o1. The Morgan fingerprint density at radius 1 is 1.17 bits per heavy atom. The van der Waals surface area contributed by atoms with E-state index in [0.29, 0.717) is 28.8 Å². The fraction of sp³-hybridized carbons (Fsp3) is 0.0909. The second-order valence-corrected chi connectivity index (χ2v) is 7.87. The maximum atomic E-state index is 12.4. The lowest BCUT2D eigenvalue weighted by Gasteiger charge is -2.06. The largest absolute Gasteiger partial charge is 0.486 e. The number of carbonyl (C=O) groups excluding carboxylic acids is 1. The highest BCUT2D eigenvalue weighted by atomic mass is 79.9. The number of benzene rings is 2. The number of ether oxygens (including phenoxy) is 1. The summed E-state index contributed by atoms with van der Waals surface area (Å²) >= 11 is 9.32. The van der Waals surface area contributed by atoms with Crippen LogP contribution in [0.25, 0.3) is 0 Å². The molecule has 2 heterocycles. The molecule has 0 fully saturated rings. The van der Waals surface area contributed by atoms with Gasteiger partial charge >= 0.3 is 0 Å². The third-order valence-electron chi connectivity index (χ3n) is 4.22. The van der Waals surface area contributed by atoms with E-state index in [1.54, 1.807) is 42.6 Å². The number of rotatable bonds is 7. The van der Waals surface area contributed by atoms with Crippen LogP contribution in [-0.4, -0.2) is 15.7 Å². The summed E-state index contributed by atoms with van der Waals surface area (Å²) in [7, 11) is 0. The zero-order valence-electron chi connectivity index (χ0n) is 15.7. The van der Waals surface area contributed by atoms with E-state index < -0.39 is 0 Å². The number of aromatic nitrogens is 2. The highest BCUT2D eigenvalue weighted by Gasteiger charge is 2.12. The van der Waals surface area contributed by atoms with Crippen LogP contribution in [0, 0.1) is 0 Å². The molecule has 1 N–H and O–H groups in total. The molecule has 2 aromatic heterocycles. The van der Waals surface area contributed by atoms with Gasteiger partial charge in [0.05, 0.1) is 17.2 Å². The Labute approximate surface area is 186 Å². The molecule has 0 aliphatic carbocycles. The Morgan fingerprint density at radius 2 is 2.00 bits per heavy atom. The first-order valence-electron chi connectivity index (χ1n) is 9.10. The van der Waals surface area contributed by atoms with Crippen LogP contribution in [0.3, 0.4) is 0 Å². The summed E-state index contributed by atoms with van der Waals surface area (Å²) in [6.45, 7) is 0.847. The van der Waals surface area contributed by atoms with Gasteiger partial charge in [-0.05, 0) is 64.0 Å². The summed E-state index contributed by atoms with van der Waals surface area (Å²) < 4.78 is 14.0. The zero-order chi connectivity index (χ0) is 20.9. The van der Waals surface area contributed by atoms with Crippen molar-refractivity contribution in [3.05, 3.63) is 99.6 Å². The molecule has 4 aromatic rings. The average molecular weight is 487 g/mol. The molecule has 8 heteroatoms. The lowest BCUT2D eigenvalue weighted by molar-refractivity contribution is 0.0992. The van der Waals surface area contributed by atoms with E-state index >= 15 is 0 Å². The van der Waals surface area contributed by atoms with Gasteiger partial charge in [-0.2, -0.15) is 5.10 Å². The van der Waals surface area contributed by atoms with Gasteiger partial charge in [0.15, 0.2) is 5.76 Å². The van der Waals surface area contributed by atoms with Crippen molar-refractivity contribution in [2.45, 2.75) is 13.2 Å². The van der Waals surface area contributed by atoms with Crippen molar-refractivity contribution in [1.82, 2.24) is 9.78 Å². The first-order valence-corrected chi connectivity index (χ1v) is 10.3. The van der Waals surface area contributed by atoms with Gasteiger partial charge in [0.1, 0.15) is 18.1 Å². The standard InChI is InChI=1S/C22H17BrClN3O3/c23-16-11-25-27(13-16)12-15-4-6-18(7-5-15)26-22(28)21-9-8-20(30-21)14-29-19-3-1-2-17(24)10-19/h1-11,13H,12,14H2,(H,26,28). The third-order valence-corrected chi connectivity index (χ3v) is 4.87. The normalized spacial score (nSPS) is 10.7. The van der Waals surface area contributed by atoms with E-state index in [-0.39, 0.29) is 18.3 Å². The molecular weight excluding hydrogens is 470 g/mol. The predicted octanol–water partition coefficient (Wildman–Crippen LogP) is 5.77. The summed E-state index contributed by atoms with van der Waals surface area (Å²) in [5, 5.41) is 7.65. The number of furan rings is 1. The Hall–Kier alpha value is -3.03. The smallest absolute Gasteiger partial charge is 0.291 e. The summed E-state index contributed by atoms with van der Waals surface area (Å²) in [5.74, 6) is 1.06. The number of nitrogens with zero attached hydrogens (tertiary/aromatic N) is 2. The van der Waals surface area contributed by atoms with Crippen molar-refractivity contribution in [1.29, 1.82) is 0 Å². The number of amides is 1. The molecule has 0 saturated carbocycles. The number of nitrogens with one attached hydrogen (secondary N) is 1. The summed E-state index contributed by atoms with van der Waals surface area (Å²) in [4.78, 5) is 12.4. The maximum Gasteiger partial charge on any atom is 0.291 e. The summed E-state index contributed by atoms with van der Waals surface area (Å²) in [6.07, 6.45) is 3.65. The highest BCUT2D eigenvalue weighted by molar-refractivity contribution is 9.10. The van der Waals surface area contributed by atoms with Gasteiger partial charge in [0, 0.05) is 16.9 Å². The van der Waals surface area contributed by atoms with E-state index in [4.69, 9.17) is 20.8 Å². The summed E-state index contributed by atoms with van der Waals surface area (Å²) in [5.41, 5.74) is 1.75. The molecule has 6 nitrogen and oxygen atoms in total. The van der Waals surface area contributed by atoms with Crippen molar-refractivity contribution < 1.29 is 13.9 Å². The van der Waals surface area contributed by atoms with Crippen LogP contribution in [0.4, 0.5) is 5.69 Å². The van der Waals surface area contributed by atoms with E-state index in [2.05, 4.69) is 26.3 Å². The fourth-order valence-corrected chi connectivity index (χ4v) is 3.30. The van der Waals surface area contributed by atoms with Gasteiger partial charge in [-0.25, -0.2) is 0 Å². The van der Waals surface area contributed by atoms with Crippen molar-refractivity contribution in [3.8, 4) is 5.75 Å². The molecule has 30 heavy (non-hydrogen) atoms. The Balaban J connectivity index is 1.32. The van der Waals surface area contributed by atoms with Gasteiger partial charge in [-0.3, -0.25) is 9.48 Å². The topological polar surface area (TPSA) is 69.3 Å². The molecule has 0 aliphatic heterocycles. The minimum Gasteiger partial charge on any atom is -0.486 e. The van der Waals surface area contributed by atoms with Crippen LogP contribution >= 0.6 is 27.5 Å². The number of hydrogen-bond acceptors (Lipinski definition) is 4. The van der Waals surface area contributed by atoms with E-state index in [1.807, 2.05) is 35.1 Å². The Bertz CT molecular complexity index is 1150. The minimum absolute atomic E-state index is 0.200. The number of carbonyl (C=O) groups is 1. The number of hydrogen-bond donors (Lipinski definition) is 1. The second kappa shape index (κ2) is 9.19. The van der Waals surface area contributed by atoms with Gasteiger partial charge in [0.2, 0.25) is 0 Å². The monoisotopic (exact) mass is 485 g/mol. The lowest BCUT2D eigenvalue weighted by Crippen LogP contribution is -2.11. The van der Waals surface area contributed by atoms with Gasteiger partial charge < -0.3 is 14.5 Å².